The molecule has 2 aromatic heterocycles. The van der Waals surface area contributed by atoms with Crippen molar-refractivity contribution in [2.24, 2.45) is 4.99 Å². The maximum absolute atomic E-state index is 14.2. The molecule has 0 fully saturated rings. The number of hydrogen-bond acceptors (Lipinski definition) is 3. The van der Waals surface area contributed by atoms with E-state index in [1.54, 1.807) is 31.7 Å². The van der Waals surface area contributed by atoms with Crippen LogP contribution in [0, 0.1) is 12.7 Å². The molecule has 4 heteroatoms. The molecule has 0 aliphatic rings. The zero-order valence-corrected chi connectivity index (χ0v) is 15.1. The Morgan fingerprint density at radius 3 is 2.69 bits per heavy atom. The first-order valence-electron chi connectivity index (χ1n) is 8.39. The molecule has 0 aliphatic carbocycles. The number of aliphatic imine (C=N–C) groups is 1. The predicted molar refractivity (Wildman–Crippen MR) is 106 cm³/mol. The molecule has 3 aromatic rings. The second-order valence-corrected chi connectivity index (χ2v) is 6.01. The van der Waals surface area contributed by atoms with Gasteiger partial charge >= 0.3 is 0 Å². The Hall–Kier alpha value is -3.14. The lowest BCUT2D eigenvalue weighted by molar-refractivity contribution is 0.630. The van der Waals surface area contributed by atoms with Crippen LogP contribution in [0.15, 0.2) is 66.1 Å². The zero-order valence-electron chi connectivity index (χ0n) is 15.1. The Labute approximate surface area is 153 Å². The third-order valence-electron chi connectivity index (χ3n) is 4.14. The standard InChI is InChI=1S/C22H20FN3/c1-4-16(12-24-3)18-10-19(14-25-13-18)17-7-8-26-22(11-17)20-9-15(2)5-6-21(20)23/h4-14H,1-3H3/b16-4+,24-12?. The Bertz CT molecular complexity index is 990. The van der Waals surface area contributed by atoms with Crippen LogP contribution in [0.25, 0.3) is 28.0 Å². The molecule has 0 aliphatic heterocycles. The van der Waals surface area contributed by atoms with E-state index in [0.29, 0.717) is 11.3 Å². The molecule has 0 N–H and O–H groups in total. The number of rotatable bonds is 4. The highest BCUT2D eigenvalue weighted by Crippen LogP contribution is 2.28. The smallest absolute Gasteiger partial charge is 0.132 e. The fourth-order valence-electron chi connectivity index (χ4n) is 2.80. The number of hydrogen-bond donors (Lipinski definition) is 0. The van der Waals surface area contributed by atoms with Gasteiger partial charge < -0.3 is 0 Å². The summed E-state index contributed by atoms with van der Waals surface area (Å²) in [5.74, 6) is -0.275. The van der Waals surface area contributed by atoms with Gasteiger partial charge in [-0.25, -0.2) is 4.39 Å². The van der Waals surface area contributed by atoms with Crippen LogP contribution in [0.2, 0.25) is 0 Å². The van der Waals surface area contributed by atoms with E-state index in [1.165, 1.54) is 6.07 Å². The Kier molecular flexibility index (Phi) is 5.32. The first kappa shape index (κ1) is 17.7. The number of pyridine rings is 2. The van der Waals surface area contributed by atoms with Crippen molar-refractivity contribution in [2.75, 3.05) is 7.05 Å². The molecule has 0 radical (unpaired) electrons. The SMILES string of the molecule is C/C=C(\C=NC)c1cncc(-c2ccnc(-c3cc(C)ccc3F)c2)c1. The first-order chi connectivity index (χ1) is 12.6. The molecule has 0 bridgehead atoms. The van der Waals surface area contributed by atoms with Gasteiger partial charge in [-0.15, -0.1) is 0 Å². The van der Waals surface area contributed by atoms with Crippen molar-refractivity contribution in [3.8, 4) is 22.4 Å². The zero-order chi connectivity index (χ0) is 18.5. The van der Waals surface area contributed by atoms with Gasteiger partial charge in [0.15, 0.2) is 0 Å². The highest BCUT2D eigenvalue weighted by molar-refractivity contribution is 6.09. The van der Waals surface area contributed by atoms with Gasteiger partial charge in [0.1, 0.15) is 5.82 Å². The van der Waals surface area contributed by atoms with Crippen molar-refractivity contribution in [1.29, 1.82) is 0 Å². The van der Waals surface area contributed by atoms with Crippen molar-refractivity contribution in [2.45, 2.75) is 13.8 Å². The quantitative estimate of drug-likeness (QED) is 0.597. The number of benzene rings is 1. The fraction of sp³-hybridized carbons (Fsp3) is 0.136. The third-order valence-corrected chi connectivity index (χ3v) is 4.14. The van der Waals surface area contributed by atoms with Gasteiger partial charge in [0.2, 0.25) is 0 Å². The van der Waals surface area contributed by atoms with Gasteiger partial charge in [-0.1, -0.05) is 17.7 Å². The first-order valence-corrected chi connectivity index (χ1v) is 8.39. The highest BCUT2D eigenvalue weighted by atomic mass is 19.1. The second kappa shape index (κ2) is 7.83. The van der Waals surface area contributed by atoms with Crippen molar-refractivity contribution >= 4 is 11.8 Å². The molecule has 0 unspecified atom stereocenters. The Balaban J connectivity index is 2.05. The molecule has 0 spiro atoms. The minimum Gasteiger partial charge on any atom is -0.296 e. The summed E-state index contributed by atoms with van der Waals surface area (Å²) in [7, 11) is 1.74. The van der Waals surface area contributed by atoms with Crippen molar-refractivity contribution < 1.29 is 4.39 Å². The topological polar surface area (TPSA) is 38.1 Å². The van der Waals surface area contributed by atoms with Crippen LogP contribution in [0.5, 0.6) is 0 Å². The lowest BCUT2D eigenvalue weighted by atomic mass is 10.0. The number of aryl methyl sites for hydroxylation is 1. The molecule has 0 saturated carbocycles. The van der Waals surface area contributed by atoms with E-state index in [-0.39, 0.29) is 5.82 Å². The average molecular weight is 345 g/mol. The minimum atomic E-state index is -0.275. The van der Waals surface area contributed by atoms with E-state index in [4.69, 9.17) is 0 Å². The molecule has 130 valence electrons. The largest absolute Gasteiger partial charge is 0.296 e. The number of nitrogens with zero attached hydrogens (tertiary/aromatic N) is 3. The molecule has 0 atom stereocenters. The van der Waals surface area contributed by atoms with E-state index in [2.05, 4.69) is 21.0 Å². The van der Waals surface area contributed by atoms with Crippen molar-refractivity contribution in [3.05, 3.63) is 78.0 Å². The lowest BCUT2D eigenvalue weighted by Crippen LogP contribution is -1.92. The molecular formula is C22H20FN3. The van der Waals surface area contributed by atoms with E-state index in [1.807, 2.05) is 44.3 Å². The summed E-state index contributed by atoms with van der Waals surface area (Å²) in [6.45, 7) is 3.91. The molecule has 0 saturated heterocycles. The van der Waals surface area contributed by atoms with Crippen LogP contribution in [-0.2, 0) is 0 Å². The van der Waals surface area contributed by atoms with Gasteiger partial charge in [0.05, 0.1) is 5.69 Å². The molecule has 2 heterocycles. The van der Waals surface area contributed by atoms with E-state index in [0.717, 1.165) is 27.8 Å². The van der Waals surface area contributed by atoms with Crippen LogP contribution < -0.4 is 0 Å². The van der Waals surface area contributed by atoms with Gasteiger partial charge in [0, 0.05) is 48.5 Å². The summed E-state index contributed by atoms with van der Waals surface area (Å²) in [5, 5.41) is 0. The monoisotopic (exact) mass is 345 g/mol. The maximum Gasteiger partial charge on any atom is 0.132 e. The number of halogens is 1. The van der Waals surface area contributed by atoms with E-state index >= 15 is 0 Å². The predicted octanol–water partition coefficient (Wildman–Crippen LogP) is 5.36. The summed E-state index contributed by atoms with van der Waals surface area (Å²) in [6, 6.07) is 10.9. The maximum atomic E-state index is 14.2. The van der Waals surface area contributed by atoms with Gasteiger partial charge in [-0.3, -0.25) is 15.0 Å². The van der Waals surface area contributed by atoms with Crippen LogP contribution in [0.3, 0.4) is 0 Å². The van der Waals surface area contributed by atoms with Crippen molar-refractivity contribution in [1.82, 2.24) is 9.97 Å². The highest BCUT2D eigenvalue weighted by Gasteiger charge is 2.09. The van der Waals surface area contributed by atoms with E-state index in [9.17, 15) is 4.39 Å². The summed E-state index contributed by atoms with van der Waals surface area (Å²) >= 11 is 0. The summed E-state index contributed by atoms with van der Waals surface area (Å²) in [6.07, 6.45) is 9.10. The second-order valence-electron chi connectivity index (χ2n) is 6.01. The Morgan fingerprint density at radius 1 is 1.08 bits per heavy atom. The molecular weight excluding hydrogens is 325 g/mol. The van der Waals surface area contributed by atoms with Gasteiger partial charge in [0.25, 0.3) is 0 Å². The Morgan fingerprint density at radius 2 is 1.92 bits per heavy atom. The number of aromatic nitrogens is 2. The lowest BCUT2D eigenvalue weighted by Gasteiger charge is -2.08. The van der Waals surface area contributed by atoms with Crippen molar-refractivity contribution in [3.63, 3.8) is 0 Å². The van der Waals surface area contributed by atoms with Gasteiger partial charge in [-0.2, -0.15) is 0 Å². The molecule has 3 rings (SSSR count). The van der Waals surface area contributed by atoms with E-state index < -0.39 is 0 Å². The molecule has 3 nitrogen and oxygen atoms in total. The third kappa shape index (κ3) is 3.75. The summed E-state index contributed by atoms with van der Waals surface area (Å²) in [4.78, 5) is 12.8. The van der Waals surface area contributed by atoms with Crippen LogP contribution in [0.4, 0.5) is 4.39 Å². The number of allylic oxidation sites excluding steroid dienone is 2. The molecule has 1 aromatic carbocycles. The minimum absolute atomic E-state index is 0.275. The summed E-state index contributed by atoms with van der Waals surface area (Å²) in [5.41, 5.74) is 5.97. The molecule has 0 amide bonds. The van der Waals surface area contributed by atoms with Crippen LogP contribution >= 0.6 is 0 Å². The average Bonchev–Trinajstić information content (AvgIpc) is 2.68. The van der Waals surface area contributed by atoms with Crippen LogP contribution in [-0.4, -0.2) is 23.2 Å². The summed E-state index contributed by atoms with van der Waals surface area (Å²) < 4.78 is 14.2. The molecule has 26 heavy (non-hydrogen) atoms. The van der Waals surface area contributed by atoms with Gasteiger partial charge in [-0.05, 0) is 55.3 Å². The van der Waals surface area contributed by atoms with Crippen LogP contribution in [0.1, 0.15) is 18.1 Å². The normalized spacial score (nSPS) is 11.9. The fourth-order valence-corrected chi connectivity index (χ4v) is 2.80.